The molecule has 0 spiro atoms. The highest BCUT2D eigenvalue weighted by molar-refractivity contribution is 5.68. The number of nitrogens with zero attached hydrogens (tertiary/aromatic N) is 2. The van der Waals surface area contributed by atoms with E-state index in [4.69, 9.17) is 0 Å². The minimum Gasteiger partial charge on any atom is -0.465 e. The van der Waals surface area contributed by atoms with Gasteiger partial charge in [-0.2, -0.15) is 0 Å². The summed E-state index contributed by atoms with van der Waals surface area (Å²) in [6.45, 7) is 10.2. The molecule has 0 saturated heterocycles. The zero-order valence-electron chi connectivity index (χ0n) is 20.6. The van der Waals surface area contributed by atoms with Crippen LogP contribution in [-0.2, 0) is 0 Å². The van der Waals surface area contributed by atoms with Crippen LogP contribution in [0.15, 0.2) is 60.7 Å². The fourth-order valence-electron chi connectivity index (χ4n) is 4.32. The molecular weight excluding hydrogens is 436 g/mol. The Morgan fingerprint density at radius 1 is 0.618 bits per heavy atom. The van der Waals surface area contributed by atoms with Gasteiger partial charge in [-0.05, 0) is 52.7 Å². The van der Waals surface area contributed by atoms with Gasteiger partial charge in [-0.1, -0.05) is 60.7 Å². The summed E-state index contributed by atoms with van der Waals surface area (Å²) in [4.78, 5) is 26.9. The first-order valence-electron chi connectivity index (χ1n) is 11.2. The summed E-state index contributed by atoms with van der Waals surface area (Å²) in [6.07, 6.45) is -5.83. The van der Waals surface area contributed by atoms with Gasteiger partial charge < -0.3 is 20.4 Å². The van der Waals surface area contributed by atoms with Crippen molar-refractivity contribution >= 4 is 12.2 Å². The monoisotopic (exact) mass is 472 g/mol. The summed E-state index contributed by atoms with van der Waals surface area (Å²) < 4.78 is 0. The standard InChI is InChI=1S/C26H36N2O6/c1-25(2,3)27(23(31)32)19(17-13-9-7-10-14-17)21(29)22(30)20(18-15-11-8-12-16-18)28(24(33)34)26(4,5)6/h7-16,19-22,29-30H,1-6H3,(H,31,32)(H,33,34). The van der Waals surface area contributed by atoms with E-state index in [0.717, 1.165) is 9.80 Å². The molecule has 2 aromatic rings. The van der Waals surface area contributed by atoms with Crippen LogP contribution in [0.5, 0.6) is 0 Å². The smallest absolute Gasteiger partial charge is 0.408 e. The number of hydrogen-bond donors (Lipinski definition) is 4. The molecule has 0 saturated carbocycles. The van der Waals surface area contributed by atoms with Gasteiger partial charge in [-0.3, -0.25) is 9.80 Å². The van der Waals surface area contributed by atoms with E-state index >= 15 is 0 Å². The maximum atomic E-state index is 12.4. The number of carbonyl (C=O) groups is 2. The van der Waals surface area contributed by atoms with Gasteiger partial charge in [0.2, 0.25) is 0 Å². The Morgan fingerprint density at radius 2 is 0.882 bits per heavy atom. The second-order valence-corrected chi connectivity index (χ2v) is 10.3. The summed E-state index contributed by atoms with van der Waals surface area (Å²) in [5.41, 5.74) is -0.885. The predicted molar refractivity (Wildman–Crippen MR) is 130 cm³/mol. The number of benzene rings is 2. The molecule has 0 aliphatic carbocycles. The molecule has 0 aliphatic rings. The van der Waals surface area contributed by atoms with Gasteiger partial charge in [0.15, 0.2) is 0 Å². The Morgan fingerprint density at radius 3 is 1.09 bits per heavy atom. The summed E-state index contributed by atoms with van der Waals surface area (Å²) in [5, 5.41) is 43.3. The van der Waals surface area contributed by atoms with Gasteiger partial charge in [0.1, 0.15) is 12.2 Å². The zero-order valence-corrected chi connectivity index (χ0v) is 20.6. The lowest BCUT2D eigenvalue weighted by molar-refractivity contribution is -0.0928. The number of carboxylic acid groups (broad SMARTS) is 2. The first kappa shape index (κ1) is 27.1. The van der Waals surface area contributed by atoms with E-state index in [1.165, 1.54) is 0 Å². The lowest BCUT2D eigenvalue weighted by Crippen LogP contribution is -2.57. The van der Waals surface area contributed by atoms with Crippen LogP contribution in [0.1, 0.15) is 64.8 Å². The molecule has 8 nitrogen and oxygen atoms in total. The first-order chi connectivity index (χ1) is 15.7. The number of rotatable bonds is 7. The highest BCUT2D eigenvalue weighted by Gasteiger charge is 2.46. The van der Waals surface area contributed by atoms with E-state index in [9.17, 15) is 30.0 Å². The molecule has 4 unspecified atom stereocenters. The molecule has 0 fully saturated rings. The maximum absolute atomic E-state index is 12.4. The van der Waals surface area contributed by atoms with Crippen molar-refractivity contribution in [3.63, 3.8) is 0 Å². The first-order valence-corrected chi connectivity index (χ1v) is 11.2. The summed E-state index contributed by atoms with van der Waals surface area (Å²) in [5.74, 6) is 0. The van der Waals surface area contributed by atoms with Crippen molar-refractivity contribution in [2.45, 2.75) is 76.9 Å². The third-order valence-corrected chi connectivity index (χ3v) is 5.69. The summed E-state index contributed by atoms with van der Waals surface area (Å²) >= 11 is 0. The van der Waals surface area contributed by atoms with Crippen molar-refractivity contribution < 1.29 is 30.0 Å². The van der Waals surface area contributed by atoms with Crippen LogP contribution < -0.4 is 0 Å². The van der Waals surface area contributed by atoms with Crippen LogP contribution in [-0.4, -0.2) is 65.7 Å². The molecule has 186 valence electrons. The zero-order chi connectivity index (χ0) is 25.8. The van der Waals surface area contributed by atoms with Gasteiger partial charge in [-0.15, -0.1) is 0 Å². The third-order valence-electron chi connectivity index (χ3n) is 5.69. The minimum absolute atomic E-state index is 0.482. The SMILES string of the molecule is CC(C)(C)N(C(=O)O)C(c1ccccc1)C(O)C(O)C(c1ccccc1)N(C(=O)O)C(C)(C)C. The largest absolute Gasteiger partial charge is 0.465 e. The summed E-state index contributed by atoms with van der Waals surface area (Å²) in [6, 6.07) is 14.8. The molecule has 2 aromatic carbocycles. The Balaban J connectivity index is 2.70. The molecule has 4 atom stereocenters. The van der Waals surface area contributed by atoms with Crippen LogP contribution in [0.25, 0.3) is 0 Å². The molecule has 0 heterocycles. The van der Waals surface area contributed by atoms with Crippen molar-refractivity contribution in [2.24, 2.45) is 0 Å². The highest BCUT2D eigenvalue weighted by Crippen LogP contribution is 2.38. The fourth-order valence-corrected chi connectivity index (χ4v) is 4.32. The fraction of sp³-hybridized carbons (Fsp3) is 0.462. The van der Waals surface area contributed by atoms with Gasteiger partial charge in [0.25, 0.3) is 0 Å². The lowest BCUT2D eigenvalue weighted by atomic mass is 9.85. The molecule has 0 radical (unpaired) electrons. The van der Waals surface area contributed by atoms with Crippen molar-refractivity contribution in [2.75, 3.05) is 0 Å². The van der Waals surface area contributed by atoms with Gasteiger partial charge in [-0.25, -0.2) is 9.59 Å². The molecule has 4 N–H and O–H groups in total. The third kappa shape index (κ3) is 6.07. The molecule has 8 heteroatoms. The van der Waals surface area contributed by atoms with Crippen LogP contribution in [0.3, 0.4) is 0 Å². The molecular formula is C26H36N2O6. The Labute approximate surface area is 201 Å². The highest BCUT2D eigenvalue weighted by atomic mass is 16.4. The van der Waals surface area contributed by atoms with E-state index in [0.29, 0.717) is 11.1 Å². The van der Waals surface area contributed by atoms with Crippen molar-refractivity contribution in [1.29, 1.82) is 0 Å². The van der Waals surface area contributed by atoms with Crippen LogP contribution in [0.4, 0.5) is 9.59 Å². The van der Waals surface area contributed by atoms with E-state index < -0.39 is 47.6 Å². The van der Waals surface area contributed by atoms with Crippen molar-refractivity contribution in [1.82, 2.24) is 9.80 Å². The maximum Gasteiger partial charge on any atom is 0.408 e. The predicted octanol–water partition coefficient (Wildman–Crippen LogP) is 4.75. The quantitative estimate of drug-likeness (QED) is 0.461. The summed E-state index contributed by atoms with van der Waals surface area (Å²) in [7, 11) is 0. The average molecular weight is 473 g/mol. The number of aliphatic hydroxyl groups is 2. The Kier molecular flexibility index (Phi) is 8.34. The van der Waals surface area contributed by atoms with Crippen LogP contribution in [0.2, 0.25) is 0 Å². The molecule has 34 heavy (non-hydrogen) atoms. The molecule has 2 rings (SSSR count). The number of aliphatic hydroxyl groups excluding tert-OH is 2. The van der Waals surface area contributed by atoms with Crippen molar-refractivity contribution in [3.8, 4) is 0 Å². The molecule has 2 amide bonds. The average Bonchev–Trinajstić information content (AvgIpc) is 2.73. The van der Waals surface area contributed by atoms with E-state index in [-0.39, 0.29) is 0 Å². The molecule has 0 bridgehead atoms. The van der Waals surface area contributed by atoms with Gasteiger partial charge >= 0.3 is 12.2 Å². The number of amides is 2. The topological polar surface area (TPSA) is 122 Å². The Hall–Kier alpha value is -3.10. The lowest BCUT2D eigenvalue weighted by Gasteiger charge is -2.47. The second kappa shape index (κ2) is 10.4. The normalized spacial score (nSPS) is 15.6. The molecule has 0 aliphatic heterocycles. The van der Waals surface area contributed by atoms with Crippen molar-refractivity contribution in [3.05, 3.63) is 71.8 Å². The Bertz CT molecular complexity index is 873. The second-order valence-electron chi connectivity index (χ2n) is 10.3. The van der Waals surface area contributed by atoms with Crippen LogP contribution >= 0.6 is 0 Å². The van der Waals surface area contributed by atoms with Gasteiger partial charge in [0, 0.05) is 11.1 Å². The van der Waals surface area contributed by atoms with Crippen LogP contribution in [0, 0.1) is 0 Å². The van der Waals surface area contributed by atoms with E-state index in [1.807, 2.05) is 0 Å². The van der Waals surface area contributed by atoms with E-state index in [2.05, 4.69) is 0 Å². The van der Waals surface area contributed by atoms with Gasteiger partial charge in [0.05, 0.1) is 12.1 Å². The number of hydrogen-bond acceptors (Lipinski definition) is 4. The molecule has 0 aromatic heterocycles. The minimum atomic E-state index is -1.65. The van der Waals surface area contributed by atoms with E-state index in [1.54, 1.807) is 102 Å².